The van der Waals surface area contributed by atoms with Crippen molar-refractivity contribution in [2.24, 2.45) is 0 Å². The van der Waals surface area contributed by atoms with Crippen molar-refractivity contribution in [3.63, 3.8) is 0 Å². The number of nitrogens with two attached hydrogens (primary N) is 1. The van der Waals surface area contributed by atoms with Gasteiger partial charge in [-0.05, 0) is 19.3 Å². The molecular weight excluding hydrogens is 192 g/mol. The molecule has 6 heteroatoms. The fraction of sp³-hybridized carbons (Fsp3) is 0.714. The van der Waals surface area contributed by atoms with Crippen molar-refractivity contribution >= 4 is 5.88 Å². The fourth-order valence-electron chi connectivity index (χ4n) is 1.47. The van der Waals surface area contributed by atoms with Gasteiger partial charge in [-0.1, -0.05) is 0 Å². The maximum absolute atomic E-state index is 5.41. The molecule has 1 saturated heterocycles. The van der Waals surface area contributed by atoms with Crippen LogP contribution in [0, 0.1) is 0 Å². The van der Waals surface area contributed by atoms with Gasteiger partial charge in [0, 0.05) is 0 Å². The van der Waals surface area contributed by atoms with Crippen LogP contribution in [0.4, 0.5) is 5.88 Å². The minimum atomic E-state index is 0. The van der Waals surface area contributed by atoms with Crippen molar-refractivity contribution in [2.45, 2.75) is 19.3 Å². The summed E-state index contributed by atoms with van der Waals surface area (Å²) in [6.07, 6.45) is 5.45. The van der Waals surface area contributed by atoms with Gasteiger partial charge in [0.1, 0.15) is 0 Å². The number of anilines is 1. The Morgan fingerprint density at radius 2 is 2.08 bits per heavy atom. The Labute approximate surface area is 82.8 Å². The molecule has 0 atom stereocenters. The largest absolute Gasteiger partial charge is 1.00 e. The van der Waals surface area contributed by atoms with Crippen molar-refractivity contribution < 1.29 is 21.7 Å². The van der Waals surface area contributed by atoms with Gasteiger partial charge in [-0.2, -0.15) is 5.01 Å². The summed E-state index contributed by atoms with van der Waals surface area (Å²) in [5.74, 6) is 0.362. The maximum atomic E-state index is 5.41. The Hall–Kier alpha value is -0.970. The molecule has 0 saturated carbocycles. The molecule has 2 rings (SSSR count). The van der Waals surface area contributed by atoms with Gasteiger partial charge in [0.15, 0.2) is 0 Å². The Balaban J connectivity index is 0.000000845. The first kappa shape index (κ1) is 10.1. The lowest BCUT2D eigenvalue weighted by atomic mass is 10.2. The highest BCUT2D eigenvalue weighted by molar-refractivity contribution is 5.11. The number of nitrogens with zero attached hydrogens (tertiary/aromatic N) is 3. The van der Waals surface area contributed by atoms with Crippen LogP contribution in [-0.4, -0.2) is 18.4 Å². The molecule has 1 aromatic heterocycles. The smallest absolute Gasteiger partial charge is 0.296 e. The molecule has 2 heterocycles. The molecule has 1 aromatic rings. The summed E-state index contributed by atoms with van der Waals surface area (Å²) in [4.78, 5) is 1.69. The number of hydrogen-bond acceptors (Lipinski definition) is 4. The molecule has 0 aliphatic carbocycles. The van der Waals surface area contributed by atoms with Crippen LogP contribution in [0.25, 0.3) is 0 Å². The molecule has 0 radical (unpaired) electrons. The van der Waals surface area contributed by atoms with E-state index >= 15 is 0 Å². The summed E-state index contributed by atoms with van der Waals surface area (Å²) in [6, 6.07) is 0. The zero-order valence-corrected chi connectivity index (χ0v) is 8.07. The van der Waals surface area contributed by atoms with E-state index in [0.29, 0.717) is 5.88 Å². The van der Waals surface area contributed by atoms with E-state index in [1.807, 2.05) is 0 Å². The molecule has 0 spiro atoms. The van der Waals surface area contributed by atoms with Gasteiger partial charge in [0.2, 0.25) is 5.27 Å². The quantitative estimate of drug-likeness (QED) is 0.487. The minimum Gasteiger partial charge on any atom is -1.00 e. The molecule has 5 nitrogen and oxygen atoms in total. The minimum absolute atomic E-state index is 0. The first-order chi connectivity index (χ1) is 5.86. The average molecular weight is 205 g/mol. The molecule has 1 fully saturated rings. The second-order valence-electron chi connectivity index (χ2n) is 3.04. The third-order valence-corrected chi connectivity index (χ3v) is 2.09. The average Bonchev–Trinajstić information content (AvgIpc) is 2.54. The van der Waals surface area contributed by atoms with Crippen LogP contribution in [0.3, 0.4) is 0 Å². The number of rotatable bonds is 1. The highest BCUT2D eigenvalue weighted by Gasteiger charge is 2.21. The number of nitrogen functional groups attached to an aromatic ring is 1. The van der Waals surface area contributed by atoms with E-state index in [4.69, 9.17) is 10.3 Å². The summed E-state index contributed by atoms with van der Waals surface area (Å²) in [6.45, 7) is 2.08. The molecular formula is C7H13ClN4O. The highest BCUT2D eigenvalue weighted by atomic mass is 35.5. The summed E-state index contributed by atoms with van der Waals surface area (Å²) in [5.41, 5.74) is 5.41. The molecule has 0 unspecified atom stereocenters. The van der Waals surface area contributed by atoms with Crippen LogP contribution in [0.1, 0.15) is 19.3 Å². The van der Waals surface area contributed by atoms with Gasteiger partial charge >= 0.3 is 0 Å². The molecule has 13 heavy (non-hydrogen) atoms. The lowest BCUT2D eigenvalue weighted by Gasteiger charge is -2.17. The zero-order valence-electron chi connectivity index (χ0n) is 7.32. The Bertz CT molecular complexity index is 259. The van der Waals surface area contributed by atoms with E-state index in [2.05, 4.69) is 10.3 Å². The maximum Gasteiger partial charge on any atom is 0.296 e. The van der Waals surface area contributed by atoms with E-state index in [1.54, 1.807) is 11.0 Å². The van der Waals surface area contributed by atoms with E-state index in [1.165, 1.54) is 19.3 Å². The van der Waals surface area contributed by atoms with Crippen molar-refractivity contribution in [1.29, 1.82) is 0 Å². The van der Waals surface area contributed by atoms with Crippen LogP contribution >= 0.6 is 0 Å². The molecule has 74 valence electrons. The van der Waals surface area contributed by atoms with Crippen LogP contribution < -0.4 is 27.9 Å². The Morgan fingerprint density at radius 1 is 1.38 bits per heavy atom. The first-order valence-corrected chi connectivity index (χ1v) is 4.25. The number of aromatic nitrogens is 2. The van der Waals surface area contributed by atoms with Crippen LogP contribution in [0.5, 0.6) is 0 Å². The topological polar surface area (TPSA) is 59.2 Å². The van der Waals surface area contributed by atoms with Crippen molar-refractivity contribution in [3.8, 4) is 0 Å². The normalized spacial score (nSPS) is 16.8. The van der Waals surface area contributed by atoms with E-state index in [9.17, 15) is 0 Å². The monoisotopic (exact) mass is 204 g/mol. The predicted octanol–water partition coefficient (Wildman–Crippen LogP) is -3.33. The number of piperidine rings is 1. The Kier molecular flexibility index (Phi) is 3.36. The second-order valence-corrected chi connectivity index (χ2v) is 3.04. The molecule has 1 aliphatic heterocycles. The van der Waals surface area contributed by atoms with Crippen molar-refractivity contribution in [1.82, 2.24) is 5.27 Å². The van der Waals surface area contributed by atoms with Gasteiger partial charge in [0.25, 0.3) is 12.1 Å². The lowest BCUT2D eigenvalue weighted by Crippen LogP contribution is -3.00. The van der Waals surface area contributed by atoms with Crippen LogP contribution in [-0.2, 0) is 0 Å². The third kappa shape index (κ3) is 2.24. The van der Waals surface area contributed by atoms with Crippen molar-refractivity contribution in [2.75, 3.05) is 23.8 Å². The van der Waals surface area contributed by atoms with Gasteiger partial charge in [-0.25, -0.2) is 0 Å². The zero-order chi connectivity index (χ0) is 8.39. The van der Waals surface area contributed by atoms with Gasteiger partial charge in [-0.3, -0.25) is 4.52 Å². The molecule has 0 amide bonds. The summed E-state index contributed by atoms with van der Waals surface area (Å²) < 4.78 is 4.77. The molecule has 1 aliphatic rings. The van der Waals surface area contributed by atoms with Gasteiger partial charge in [0.05, 0.1) is 17.9 Å². The van der Waals surface area contributed by atoms with Crippen LogP contribution in [0.15, 0.2) is 10.7 Å². The van der Waals surface area contributed by atoms with Gasteiger partial charge < -0.3 is 18.1 Å². The number of halogens is 1. The van der Waals surface area contributed by atoms with E-state index < -0.39 is 0 Å². The molecule has 2 N–H and O–H groups in total. The Morgan fingerprint density at radius 3 is 2.62 bits per heavy atom. The summed E-state index contributed by atoms with van der Waals surface area (Å²) in [5, 5.41) is 5.91. The summed E-state index contributed by atoms with van der Waals surface area (Å²) in [7, 11) is 0. The molecule has 0 aromatic carbocycles. The third-order valence-electron chi connectivity index (χ3n) is 2.09. The first-order valence-electron chi connectivity index (χ1n) is 4.25. The second kappa shape index (κ2) is 4.32. The van der Waals surface area contributed by atoms with E-state index in [0.717, 1.165) is 13.1 Å². The van der Waals surface area contributed by atoms with Crippen LogP contribution in [0.2, 0.25) is 0 Å². The fourth-order valence-corrected chi connectivity index (χ4v) is 1.47. The van der Waals surface area contributed by atoms with E-state index in [-0.39, 0.29) is 12.4 Å². The van der Waals surface area contributed by atoms with Gasteiger partial charge in [-0.15, -0.1) is 0 Å². The standard InChI is InChI=1S/C7H13N4O.ClH/c8-7-6-11(9-12-7)10-4-2-1-3-5-10;/h6H,1-5,8H2;1H/q+1;/p-1. The van der Waals surface area contributed by atoms with Crippen molar-refractivity contribution in [3.05, 3.63) is 6.20 Å². The molecule has 0 bridgehead atoms. The lowest BCUT2D eigenvalue weighted by molar-refractivity contribution is -0.759. The predicted molar refractivity (Wildman–Crippen MR) is 42.9 cm³/mol. The highest BCUT2D eigenvalue weighted by Crippen LogP contribution is 2.04. The number of hydrogen-bond donors (Lipinski definition) is 1. The summed E-state index contributed by atoms with van der Waals surface area (Å²) >= 11 is 0. The SMILES string of the molecule is Nc1c[n+](N2CCCCC2)no1.[Cl-].